The molecule has 0 aliphatic carbocycles. The van der Waals surface area contributed by atoms with Gasteiger partial charge >= 0.3 is 7.82 Å². The molecule has 0 aliphatic heterocycles. The lowest BCUT2D eigenvalue weighted by atomic mass is 10.2. The third-order valence-electron chi connectivity index (χ3n) is 2.76. The van der Waals surface area contributed by atoms with Gasteiger partial charge < -0.3 is 4.52 Å². The first-order valence-electron chi connectivity index (χ1n) is 6.55. The Bertz CT molecular complexity index is 634. The van der Waals surface area contributed by atoms with Gasteiger partial charge in [0.25, 0.3) is 0 Å². The predicted molar refractivity (Wildman–Crippen MR) is 76.6 cm³/mol. The third-order valence-corrected chi connectivity index (χ3v) is 4.34. The van der Waals surface area contributed by atoms with Gasteiger partial charge in [-0.15, -0.1) is 0 Å². The minimum atomic E-state index is -3.54. The molecule has 0 spiro atoms. The van der Waals surface area contributed by atoms with Crippen molar-refractivity contribution in [1.82, 2.24) is 0 Å². The average Bonchev–Trinajstić information content (AvgIpc) is 2.40. The maximum Gasteiger partial charge on any atom is 0.530 e. The van der Waals surface area contributed by atoms with Crippen LogP contribution in [0.2, 0.25) is 0 Å². The molecule has 0 unspecified atom stereocenters. The van der Waals surface area contributed by atoms with Crippen LogP contribution < -0.4 is 9.09 Å². The summed E-state index contributed by atoms with van der Waals surface area (Å²) < 4.78 is 30.0. The fourth-order valence-corrected chi connectivity index (χ4v) is 3.10. The minimum Gasteiger partial charge on any atom is -0.404 e. The van der Waals surface area contributed by atoms with E-state index >= 15 is 0 Å². The monoisotopic (exact) mass is 296 g/mol. The summed E-state index contributed by atoms with van der Waals surface area (Å²) in [5, 5.41) is 1.07. The van der Waals surface area contributed by atoms with Crippen LogP contribution in [0.1, 0.15) is 13.8 Å². The summed E-state index contributed by atoms with van der Waals surface area (Å²) in [4.78, 5) is 0. The second kappa shape index (κ2) is 6.35. The van der Waals surface area contributed by atoms with E-state index in [0.717, 1.165) is 10.9 Å². The molecule has 6 heteroatoms. The molecule has 2 rings (SSSR count). The number of fused-ring (bicyclic) bond motifs is 1. The Morgan fingerprint density at radius 1 is 1.15 bits per heavy atom. The lowest BCUT2D eigenvalue weighted by Gasteiger charge is -2.16. The molecule has 0 saturated carbocycles. The molecule has 108 valence electrons. The molecule has 0 radical (unpaired) electrons. The molecule has 0 N–H and O–H groups in total. The molecular formula is C14H19NO4P+. The first-order valence-corrected chi connectivity index (χ1v) is 8.01. The van der Waals surface area contributed by atoms with E-state index in [1.165, 1.54) is 0 Å². The van der Waals surface area contributed by atoms with Crippen LogP contribution in [0.5, 0.6) is 5.75 Å². The number of nitrogens with zero attached hydrogens (tertiary/aromatic N) is 1. The van der Waals surface area contributed by atoms with E-state index in [4.69, 9.17) is 13.6 Å². The summed E-state index contributed by atoms with van der Waals surface area (Å²) in [6.07, 6.45) is 1.94. The molecule has 0 fully saturated rings. The fourth-order valence-electron chi connectivity index (χ4n) is 1.92. The molecule has 0 aliphatic rings. The summed E-state index contributed by atoms with van der Waals surface area (Å²) in [5.41, 5.74) is 0.976. The fraction of sp³-hybridized carbons (Fsp3) is 0.357. The normalized spacial score (nSPS) is 11.8. The largest absolute Gasteiger partial charge is 0.530 e. The molecule has 0 atom stereocenters. The molecule has 1 aromatic heterocycles. The van der Waals surface area contributed by atoms with Crippen molar-refractivity contribution in [2.45, 2.75) is 13.8 Å². The van der Waals surface area contributed by atoms with E-state index < -0.39 is 7.82 Å². The van der Waals surface area contributed by atoms with Crippen LogP contribution in [0.25, 0.3) is 10.9 Å². The summed E-state index contributed by atoms with van der Waals surface area (Å²) in [6, 6.07) is 9.46. The first-order chi connectivity index (χ1) is 9.58. The van der Waals surface area contributed by atoms with Crippen LogP contribution >= 0.6 is 7.82 Å². The molecule has 0 saturated heterocycles. The summed E-state index contributed by atoms with van der Waals surface area (Å²) in [6.45, 7) is 4.02. The van der Waals surface area contributed by atoms with Gasteiger partial charge in [0.2, 0.25) is 5.52 Å². The Morgan fingerprint density at radius 3 is 2.50 bits per heavy atom. The van der Waals surface area contributed by atoms with E-state index in [9.17, 15) is 4.57 Å². The highest BCUT2D eigenvalue weighted by molar-refractivity contribution is 7.48. The zero-order chi connectivity index (χ0) is 14.6. The van der Waals surface area contributed by atoms with Crippen molar-refractivity contribution in [3.8, 4) is 5.75 Å². The maximum absolute atomic E-state index is 12.3. The molecular weight excluding hydrogens is 277 g/mol. The zero-order valence-corrected chi connectivity index (χ0v) is 12.8. The number of rotatable bonds is 6. The highest BCUT2D eigenvalue weighted by Gasteiger charge is 2.27. The number of aryl methyl sites for hydroxylation is 1. The van der Waals surface area contributed by atoms with Crippen LogP contribution in [0, 0.1) is 0 Å². The second-order valence-corrected chi connectivity index (χ2v) is 5.81. The van der Waals surface area contributed by atoms with Gasteiger partial charge in [-0.1, -0.05) is 0 Å². The van der Waals surface area contributed by atoms with E-state index in [1.807, 2.05) is 42.1 Å². The van der Waals surface area contributed by atoms with Gasteiger partial charge in [0, 0.05) is 11.5 Å². The zero-order valence-electron chi connectivity index (χ0n) is 11.9. The van der Waals surface area contributed by atoms with Gasteiger partial charge in [-0.3, -0.25) is 9.05 Å². The Kier molecular flexibility index (Phi) is 4.76. The van der Waals surface area contributed by atoms with Crippen molar-refractivity contribution in [2.24, 2.45) is 7.05 Å². The predicted octanol–water partition coefficient (Wildman–Crippen LogP) is 3.22. The third kappa shape index (κ3) is 3.37. The van der Waals surface area contributed by atoms with Crippen molar-refractivity contribution in [2.75, 3.05) is 13.2 Å². The molecule has 20 heavy (non-hydrogen) atoms. The van der Waals surface area contributed by atoms with Crippen molar-refractivity contribution in [3.63, 3.8) is 0 Å². The van der Waals surface area contributed by atoms with Crippen LogP contribution in [-0.2, 0) is 20.7 Å². The van der Waals surface area contributed by atoms with Gasteiger partial charge in [-0.2, -0.15) is 0 Å². The minimum absolute atomic E-state index is 0.263. The van der Waals surface area contributed by atoms with Gasteiger partial charge in [-0.25, -0.2) is 9.13 Å². The Hall–Kier alpha value is -1.42. The standard InChI is InChI=1S/C14H19NO4P/c1-4-17-20(16,18-5-2)19-13-9-8-12-7-6-10-15(3)14(12)11-13/h6-11H,4-5H2,1-3H3/q+1. The van der Waals surface area contributed by atoms with E-state index in [1.54, 1.807) is 19.9 Å². The molecule has 1 aromatic carbocycles. The topological polar surface area (TPSA) is 48.6 Å². The molecule has 2 aromatic rings. The number of benzene rings is 1. The summed E-state index contributed by atoms with van der Waals surface area (Å²) >= 11 is 0. The van der Waals surface area contributed by atoms with Crippen LogP contribution in [0.15, 0.2) is 36.5 Å². The molecule has 0 bridgehead atoms. The maximum atomic E-state index is 12.3. The molecule has 1 heterocycles. The van der Waals surface area contributed by atoms with Crippen LogP contribution in [0.3, 0.4) is 0 Å². The highest BCUT2D eigenvalue weighted by Crippen LogP contribution is 2.49. The van der Waals surface area contributed by atoms with Crippen LogP contribution in [-0.4, -0.2) is 13.2 Å². The lowest BCUT2D eigenvalue weighted by molar-refractivity contribution is -0.644. The van der Waals surface area contributed by atoms with Crippen molar-refractivity contribution in [1.29, 1.82) is 0 Å². The lowest BCUT2D eigenvalue weighted by Crippen LogP contribution is -2.27. The quantitative estimate of drug-likeness (QED) is 0.606. The second-order valence-electron chi connectivity index (χ2n) is 4.21. The SMILES string of the molecule is CCOP(=O)(OCC)Oc1ccc2ccc[n+](C)c2c1. The van der Waals surface area contributed by atoms with Gasteiger partial charge in [0.1, 0.15) is 12.8 Å². The van der Waals surface area contributed by atoms with E-state index in [2.05, 4.69) is 0 Å². The average molecular weight is 296 g/mol. The van der Waals surface area contributed by atoms with E-state index in [-0.39, 0.29) is 13.2 Å². The number of aromatic nitrogens is 1. The summed E-state index contributed by atoms with van der Waals surface area (Å²) in [5.74, 6) is 0.463. The Labute approximate surface area is 118 Å². The van der Waals surface area contributed by atoms with Crippen molar-refractivity contribution >= 4 is 18.7 Å². The van der Waals surface area contributed by atoms with Crippen molar-refractivity contribution < 1.29 is 22.7 Å². The van der Waals surface area contributed by atoms with E-state index in [0.29, 0.717) is 5.75 Å². The Morgan fingerprint density at radius 2 is 1.85 bits per heavy atom. The van der Waals surface area contributed by atoms with Gasteiger partial charge in [-0.05, 0) is 32.0 Å². The molecule has 0 amide bonds. The smallest absolute Gasteiger partial charge is 0.404 e. The highest BCUT2D eigenvalue weighted by atomic mass is 31.2. The number of hydrogen-bond donors (Lipinski definition) is 0. The molecule has 5 nitrogen and oxygen atoms in total. The number of phosphoric acid groups is 1. The number of hydrogen-bond acceptors (Lipinski definition) is 4. The summed E-state index contributed by atoms with van der Waals surface area (Å²) in [7, 11) is -1.60. The van der Waals surface area contributed by atoms with Gasteiger partial charge in [0.15, 0.2) is 6.20 Å². The Balaban J connectivity index is 2.33. The number of pyridine rings is 1. The first kappa shape index (κ1) is 15.0. The van der Waals surface area contributed by atoms with Crippen LogP contribution in [0.4, 0.5) is 0 Å². The van der Waals surface area contributed by atoms with Gasteiger partial charge in [0.05, 0.1) is 19.3 Å². The van der Waals surface area contributed by atoms with Crippen molar-refractivity contribution in [3.05, 3.63) is 36.5 Å². The number of phosphoric ester groups is 1.